The van der Waals surface area contributed by atoms with Gasteiger partial charge in [-0.3, -0.25) is 9.69 Å². The predicted molar refractivity (Wildman–Crippen MR) is 72.2 cm³/mol. The minimum atomic E-state index is -0.466. The summed E-state index contributed by atoms with van der Waals surface area (Å²) in [5, 5.41) is 0. The molecule has 0 aliphatic carbocycles. The summed E-state index contributed by atoms with van der Waals surface area (Å²) in [5.74, 6) is -0.550. The Morgan fingerprint density at radius 3 is 2.74 bits per heavy atom. The molecule has 1 saturated heterocycles. The molecule has 0 spiro atoms. The predicted octanol–water partition coefficient (Wildman–Crippen LogP) is 2.89. The molecule has 1 aromatic carbocycles. The van der Waals surface area contributed by atoms with E-state index < -0.39 is 5.82 Å². The summed E-state index contributed by atoms with van der Waals surface area (Å²) in [6.45, 7) is 4.79. The lowest BCUT2D eigenvalue weighted by Gasteiger charge is -2.26. The van der Waals surface area contributed by atoms with Crippen LogP contribution in [0.1, 0.15) is 36.5 Å². The summed E-state index contributed by atoms with van der Waals surface area (Å²) in [6.07, 6.45) is 3.73. The van der Waals surface area contributed by atoms with Crippen LogP contribution in [0.2, 0.25) is 0 Å². The van der Waals surface area contributed by atoms with E-state index in [0.717, 1.165) is 19.6 Å². The Balaban J connectivity index is 1.93. The van der Waals surface area contributed by atoms with Gasteiger partial charge in [0, 0.05) is 6.54 Å². The molecule has 1 aromatic rings. The van der Waals surface area contributed by atoms with E-state index in [9.17, 15) is 9.18 Å². The van der Waals surface area contributed by atoms with Crippen LogP contribution in [-0.2, 0) is 0 Å². The van der Waals surface area contributed by atoms with Crippen molar-refractivity contribution in [2.24, 2.45) is 0 Å². The van der Waals surface area contributed by atoms with E-state index in [4.69, 9.17) is 4.74 Å². The molecule has 0 N–H and O–H groups in total. The van der Waals surface area contributed by atoms with Crippen molar-refractivity contribution >= 4 is 5.78 Å². The number of carbonyl (C=O) groups is 1. The smallest absolute Gasteiger partial charge is 0.165 e. The molecule has 0 unspecified atom stereocenters. The Bertz CT molecular complexity index is 442. The van der Waals surface area contributed by atoms with Gasteiger partial charge in [0.25, 0.3) is 0 Å². The fourth-order valence-electron chi connectivity index (χ4n) is 2.39. The highest BCUT2D eigenvalue weighted by atomic mass is 19.1. The molecule has 1 aliphatic heterocycles. The van der Waals surface area contributed by atoms with Crippen molar-refractivity contribution < 1.29 is 13.9 Å². The van der Waals surface area contributed by atoms with Crippen LogP contribution >= 0.6 is 0 Å². The Hall–Kier alpha value is -1.42. The summed E-state index contributed by atoms with van der Waals surface area (Å²) in [4.78, 5) is 13.7. The van der Waals surface area contributed by atoms with Crippen molar-refractivity contribution in [3.63, 3.8) is 0 Å². The highest BCUT2D eigenvalue weighted by Gasteiger charge is 2.14. The van der Waals surface area contributed by atoms with E-state index in [1.807, 2.05) is 0 Å². The lowest BCUT2D eigenvalue weighted by Crippen LogP contribution is -2.33. The fraction of sp³-hybridized carbons (Fsp3) is 0.533. The molecule has 1 heterocycles. The number of ether oxygens (including phenoxy) is 1. The van der Waals surface area contributed by atoms with Gasteiger partial charge in [-0.25, -0.2) is 4.39 Å². The lowest BCUT2D eigenvalue weighted by molar-refractivity contribution is 0.101. The molecule has 0 atom stereocenters. The zero-order chi connectivity index (χ0) is 13.7. The van der Waals surface area contributed by atoms with Crippen molar-refractivity contribution in [1.82, 2.24) is 4.90 Å². The molecular formula is C15H20FNO2. The van der Waals surface area contributed by atoms with Crippen molar-refractivity contribution in [2.45, 2.75) is 26.2 Å². The maximum absolute atomic E-state index is 13.7. The molecule has 3 nitrogen and oxygen atoms in total. The van der Waals surface area contributed by atoms with Crippen LogP contribution in [0.5, 0.6) is 5.75 Å². The molecule has 104 valence electrons. The second kappa shape index (κ2) is 6.66. The van der Waals surface area contributed by atoms with E-state index in [-0.39, 0.29) is 11.5 Å². The third-order valence-electron chi connectivity index (χ3n) is 3.45. The topological polar surface area (TPSA) is 29.5 Å². The molecule has 1 aliphatic rings. The number of rotatable bonds is 5. The van der Waals surface area contributed by atoms with E-state index in [1.54, 1.807) is 6.07 Å². The van der Waals surface area contributed by atoms with Gasteiger partial charge in [0.2, 0.25) is 0 Å². The van der Waals surface area contributed by atoms with Gasteiger partial charge in [-0.15, -0.1) is 0 Å². The molecule has 1 fully saturated rings. The number of benzene rings is 1. The molecular weight excluding hydrogens is 245 g/mol. The van der Waals surface area contributed by atoms with Crippen molar-refractivity contribution in [2.75, 3.05) is 26.2 Å². The largest absolute Gasteiger partial charge is 0.488 e. The number of para-hydroxylation sites is 1. The number of piperidine rings is 1. The molecule has 0 bridgehead atoms. The van der Waals surface area contributed by atoms with Gasteiger partial charge in [-0.05, 0) is 45.0 Å². The highest BCUT2D eigenvalue weighted by molar-refractivity contribution is 5.96. The first-order valence-corrected chi connectivity index (χ1v) is 6.83. The average molecular weight is 265 g/mol. The number of hydrogen-bond donors (Lipinski definition) is 0. The first kappa shape index (κ1) is 14.0. The molecule has 0 amide bonds. The number of nitrogens with zero attached hydrogens (tertiary/aromatic N) is 1. The molecule has 19 heavy (non-hydrogen) atoms. The van der Waals surface area contributed by atoms with Crippen LogP contribution in [0.3, 0.4) is 0 Å². The number of hydrogen-bond acceptors (Lipinski definition) is 3. The van der Waals surface area contributed by atoms with E-state index in [2.05, 4.69) is 4.90 Å². The SMILES string of the molecule is CC(=O)c1cccc(F)c1OCCN1CCCCC1. The standard InChI is InChI=1S/C15H20FNO2/c1-12(18)13-6-5-7-14(16)15(13)19-11-10-17-8-3-2-4-9-17/h5-7H,2-4,8-11H2,1H3. The van der Waals surface area contributed by atoms with E-state index in [0.29, 0.717) is 12.2 Å². The normalized spacial score (nSPS) is 16.3. The number of halogens is 1. The fourth-order valence-corrected chi connectivity index (χ4v) is 2.39. The molecule has 0 saturated carbocycles. The Morgan fingerprint density at radius 1 is 1.32 bits per heavy atom. The maximum Gasteiger partial charge on any atom is 0.165 e. The average Bonchev–Trinajstić information content (AvgIpc) is 2.41. The van der Waals surface area contributed by atoms with Gasteiger partial charge in [0.1, 0.15) is 6.61 Å². The van der Waals surface area contributed by atoms with Crippen LogP contribution in [0.4, 0.5) is 4.39 Å². The van der Waals surface area contributed by atoms with Gasteiger partial charge < -0.3 is 4.74 Å². The summed E-state index contributed by atoms with van der Waals surface area (Å²) in [6, 6.07) is 4.45. The number of carbonyl (C=O) groups excluding carboxylic acids is 1. The van der Waals surface area contributed by atoms with Crippen LogP contribution in [0.15, 0.2) is 18.2 Å². The monoisotopic (exact) mass is 265 g/mol. The molecule has 0 aromatic heterocycles. The van der Waals surface area contributed by atoms with Crippen molar-refractivity contribution in [1.29, 1.82) is 0 Å². The number of ketones is 1. The molecule has 0 radical (unpaired) electrons. The minimum absolute atomic E-state index is 0.0898. The Kier molecular flexibility index (Phi) is 4.91. The highest BCUT2D eigenvalue weighted by Crippen LogP contribution is 2.23. The van der Waals surface area contributed by atoms with Crippen LogP contribution in [-0.4, -0.2) is 36.9 Å². The van der Waals surface area contributed by atoms with Crippen molar-refractivity contribution in [3.8, 4) is 5.75 Å². The van der Waals surface area contributed by atoms with Gasteiger partial charge in [-0.1, -0.05) is 12.5 Å². The first-order valence-electron chi connectivity index (χ1n) is 6.83. The van der Waals surface area contributed by atoms with Crippen LogP contribution in [0.25, 0.3) is 0 Å². The zero-order valence-corrected chi connectivity index (χ0v) is 11.3. The lowest BCUT2D eigenvalue weighted by atomic mass is 10.1. The first-order chi connectivity index (χ1) is 9.18. The summed E-state index contributed by atoms with van der Waals surface area (Å²) in [5.41, 5.74) is 0.318. The quantitative estimate of drug-likeness (QED) is 0.767. The van der Waals surface area contributed by atoms with Crippen LogP contribution in [0, 0.1) is 5.82 Å². The Morgan fingerprint density at radius 2 is 2.05 bits per heavy atom. The number of Topliss-reactive ketones (excluding diaryl/α,β-unsaturated/α-hetero) is 1. The third-order valence-corrected chi connectivity index (χ3v) is 3.45. The van der Waals surface area contributed by atoms with Gasteiger partial charge in [0.15, 0.2) is 17.3 Å². The molecule has 4 heteroatoms. The third kappa shape index (κ3) is 3.77. The van der Waals surface area contributed by atoms with Crippen LogP contribution < -0.4 is 4.74 Å². The minimum Gasteiger partial charge on any atom is -0.488 e. The Labute approximate surface area is 113 Å². The van der Waals surface area contributed by atoms with E-state index >= 15 is 0 Å². The van der Waals surface area contributed by atoms with Gasteiger partial charge in [-0.2, -0.15) is 0 Å². The van der Waals surface area contributed by atoms with Crippen molar-refractivity contribution in [3.05, 3.63) is 29.6 Å². The summed E-state index contributed by atoms with van der Waals surface area (Å²) in [7, 11) is 0. The zero-order valence-electron chi connectivity index (χ0n) is 11.3. The van der Waals surface area contributed by atoms with Gasteiger partial charge in [0.05, 0.1) is 5.56 Å². The second-order valence-electron chi connectivity index (χ2n) is 4.92. The second-order valence-corrected chi connectivity index (χ2v) is 4.92. The van der Waals surface area contributed by atoms with Gasteiger partial charge >= 0.3 is 0 Å². The number of likely N-dealkylation sites (tertiary alicyclic amines) is 1. The summed E-state index contributed by atoms with van der Waals surface area (Å²) < 4.78 is 19.2. The van der Waals surface area contributed by atoms with E-state index in [1.165, 1.54) is 38.3 Å². The molecule has 2 rings (SSSR count). The summed E-state index contributed by atoms with van der Waals surface area (Å²) >= 11 is 0. The maximum atomic E-state index is 13.7.